The lowest BCUT2D eigenvalue weighted by molar-refractivity contribution is 0.101. The average molecular weight is 1870 g/mol. The molecule has 1 aliphatic carbocycles. The van der Waals surface area contributed by atoms with E-state index >= 15 is 0 Å². The second-order valence-corrected chi connectivity index (χ2v) is 38.1. The van der Waals surface area contributed by atoms with Gasteiger partial charge in [-0.15, -0.1) is 0 Å². The van der Waals surface area contributed by atoms with E-state index < -0.39 is 46.7 Å². The van der Waals surface area contributed by atoms with E-state index in [9.17, 15) is 52.8 Å². The Labute approximate surface area is 762 Å². The minimum Gasteiger partial charge on any atom is -0.322 e. The van der Waals surface area contributed by atoms with Gasteiger partial charge in [0, 0.05) is 155 Å². The topological polar surface area (TPSA) is 383 Å². The minimum absolute atomic E-state index is 0.156. The largest absolute Gasteiger partial charge is 0.322 e. The molecule has 4 amide bonds. The maximum absolute atomic E-state index is 12.9. The van der Waals surface area contributed by atoms with Crippen LogP contribution in [0.3, 0.4) is 0 Å². The highest BCUT2D eigenvalue weighted by Crippen LogP contribution is 2.37. The maximum atomic E-state index is 12.9. The van der Waals surface area contributed by atoms with Crippen LogP contribution in [0.4, 0.5) is 45.5 Å². The highest BCUT2D eigenvalue weighted by atomic mass is 35.5. The molecule has 0 saturated carbocycles. The Kier molecular flexibility index (Phi) is 25.4. The van der Waals surface area contributed by atoms with Crippen LogP contribution in [0.25, 0.3) is 78.2 Å². The molecule has 130 heavy (non-hydrogen) atoms. The molecule has 30 nitrogen and oxygen atoms in total. The Hall–Kier alpha value is -13.9. The van der Waals surface area contributed by atoms with Gasteiger partial charge in [-0.25, -0.2) is 9.50 Å². The highest BCUT2D eigenvalue weighted by Gasteiger charge is 2.33. The molecule has 0 bridgehead atoms. The van der Waals surface area contributed by atoms with Crippen molar-refractivity contribution in [3.05, 3.63) is 340 Å². The first-order valence-electron chi connectivity index (χ1n) is 40.5. The summed E-state index contributed by atoms with van der Waals surface area (Å²) < 4.78 is 113. The number of allylic oxidation sites excluding steroid dienone is 1. The molecule has 5 aromatic heterocycles. The Morgan fingerprint density at radius 3 is 1.48 bits per heavy atom. The van der Waals surface area contributed by atoms with E-state index in [1.54, 1.807) is 126 Å². The lowest BCUT2D eigenvalue weighted by Crippen LogP contribution is -2.29. The molecule has 4 saturated heterocycles. The molecule has 8 N–H and O–H groups in total. The van der Waals surface area contributed by atoms with Gasteiger partial charge in [0.05, 0.1) is 72.3 Å². The lowest BCUT2D eigenvalue weighted by Gasteiger charge is -2.17. The predicted molar refractivity (Wildman–Crippen MR) is 510 cm³/mol. The molecular weight excluding hydrogens is 1800 g/mol. The Balaban J connectivity index is 0.000000121. The zero-order valence-corrected chi connectivity index (χ0v) is 74.2. The van der Waals surface area contributed by atoms with Crippen LogP contribution in [0.2, 0.25) is 15.1 Å². The first-order valence-corrected chi connectivity index (χ1v) is 47.4. The van der Waals surface area contributed by atoms with Gasteiger partial charge in [-0.3, -0.25) is 51.4 Å². The van der Waals surface area contributed by atoms with Gasteiger partial charge in [0.25, 0.3) is 23.6 Å². The molecule has 0 atom stereocenters. The van der Waals surface area contributed by atoms with Crippen molar-refractivity contribution in [1.82, 2.24) is 48.4 Å². The van der Waals surface area contributed by atoms with E-state index in [0.29, 0.717) is 125 Å². The zero-order chi connectivity index (χ0) is 90.6. The highest BCUT2D eigenvalue weighted by molar-refractivity contribution is 7.92. The van der Waals surface area contributed by atoms with E-state index in [4.69, 9.17) is 39.8 Å². The predicted octanol–water partition coefficient (Wildman–Crippen LogP) is 15.4. The van der Waals surface area contributed by atoms with Crippen molar-refractivity contribution >= 4 is 178 Å². The number of aryl methyl sites for hydroxylation is 1. The number of hydrogen-bond donors (Lipinski definition) is 8. The van der Waals surface area contributed by atoms with E-state index in [2.05, 4.69) is 66.3 Å². The number of hydrogen-bond acceptors (Lipinski definition) is 17. The second-order valence-electron chi connectivity index (χ2n) is 30.1. The summed E-state index contributed by atoms with van der Waals surface area (Å²) in [6, 6.07) is 75.4. The van der Waals surface area contributed by atoms with Crippen molar-refractivity contribution in [2.75, 3.05) is 90.8 Å². The Bertz CT molecular complexity index is 7510. The summed E-state index contributed by atoms with van der Waals surface area (Å²) in [5.41, 5.74) is 16.1. The number of nitrogens with zero attached hydrogens (tertiary/aromatic N) is 10. The van der Waals surface area contributed by atoms with Crippen LogP contribution in [0.5, 0.6) is 0 Å². The number of aromatic nitrogens is 6. The second kappa shape index (κ2) is 37.4. The van der Waals surface area contributed by atoms with Gasteiger partial charge in [-0.1, -0.05) is 126 Å². The van der Waals surface area contributed by atoms with Crippen LogP contribution < -0.4 is 57.4 Å². The SMILES string of the molecule is Cc1ccc(-c2nccc3ccccc23)cc1NC(=O)c1ccc(N2CCNS2(=O)=O)cc1.O=C(Nc1cc(Cl)cc(-c2nccc3ccccc23)c1)c1ccc(N2CCNS2(=O)=O)cc1.O=C(Nc1ccc(Cl)c(-c2ccc3c(n2)CC=C3)c1)c1ccc(N2CCNS2(=O)=O)cc1.O=C(Nc1cccc(-c2ncnn3cccc23)c1)c1ccc(N2CCNS2(=O)=O)cc1Cl. The van der Waals surface area contributed by atoms with Crippen LogP contribution >= 0.6 is 34.8 Å². The van der Waals surface area contributed by atoms with Crippen molar-refractivity contribution in [1.29, 1.82) is 0 Å². The van der Waals surface area contributed by atoms with Crippen LogP contribution in [-0.2, 0) is 47.3 Å². The van der Waals surface area contributed by atoms with Gasteiger partial charge in [-0.2, -0.15) is 57.7 Å². The number of fused-ring (bicyclic) bond motifs is 4. The summed E-state index contributed by atoms with van der Waals surface area (Å²) >= 11 is 19.1. The molecule has 37 heteroatoms. The summed E-state index contributed by atoms with van der Waals surface area (Å²) in [5.74, 6) is -1.31. The van der Waals surface area contributed by atoms with E-state index in [1.807, 2.05) is 153 Å². The number of nitrogens with one attached hydrogen (secondary N) is 8. The fourth-order valence-corrected chi connectivity index (χ4v) is 20.9. The number of benzene rings is 10. The summed E-state index contributed by atoms with van der Waals surface area (Å²) in [7, 11) is -14.1. The number of anilines is 8. The molecule has 4 aliphatic heterocycles. The summed E-state index contributed by atoms with van der Waals surface area (Å²) in [4.78, 5) is 69.5. The third-order valence-corrected chi connectivity index (χ3v) is 28.7. The zero-order valence-electron chi connectivity index (χ0n) is 68.7. The number of halogens is 3. The molecule has 10 aromatic carbocycles. The smallest absolute Gasteiger partial charge is 0.301 e. The lowest BCUT2D eigenvalue weighted by atomic mass is 10.0. The van der Waals surface area contributed by atoms with Gasteiger partial charge < -0.3 is 21.3 Å². The van der Waals surface area contributed by atoms with Crippen LogP contribution in [0, 0.1) is 6.92 Å². The van der Waals surface area contributed by atoms with Gasteiger partial charge in [0.2, 0.25) is 0 Å². The van der Waals surface area contributed by atoms with Crippen LogP contribution in [-0.4, -0.2) is 139 Å². The molecule has 5 aliphatic rings. The van der Waals surface area contributed by atoms with Crippen molar-refractivity contribution in [2.45, 2.75) is 13.3 Å². The van der Waals surface area contributed by atoms with Gasteiger partial charge in [0.15, 0.2) is 0 Å². The van der Waals surface area contributed by atoms with Crippen molar-refractivity contribution < 1.29 is 52.8 Å². The summed E-state index contributed by atoms with van der Waals surface area (Å²) in [6.07, 6.45) is 11.8. The molecule has 0 unspecified atom stereocenters. The van der Waals surface area contributed by atoms with Crippen molar-refractivity contribution in [3.8, 4) is 45.0 Å². The van der Waals surface area contributed by atoms with E-state index in [0.717, 1.165) is 95.3 Å². The molecule has 4 fully saturated rings. The quantitative estimate of drug-likeness (QED) is 0.0445. The molecule has 0 spiro atoms. The van der Waals surface area contributed by atoms with Crippen LogP contribution in [0.15, 0.2) is 286 Å². The molecule has 9 heterocycles. The monoisotopic (exact) mass is 1870 g/mol. The van der Waals surface area contributed by atoms with E-state index in [-0.39, 0.29) is 28.3 Å². The Morgan fingerprint density at radius 1 is 0.408 bits per heavy atom. The van der Waals surface area contributed by atoms with Crippen molar-refractivity contribution in [3.63, 3.8) is 0 Å². The van der Waals surface area contributed by atoms with Gasteiger partial charge in [-0.05, 0) is 205 Å². The Morgan fingerprint density at radius 2 is 0.915 bits per heavy atom. The van der Waals surface area contributed by atoms with Crippen LogP contribution in [0.1, 0.15) is 58.3 Å². The molecular formula is C93H77Cl3N18O12S4. The number of pyridine rings is 3. The minimum atomic E-state index is -3.57. The first-order chi connectivity index (χ1) is 62.6. The first kappa shape index (κ1) is 88.2. The van der Waals surface area contributed by atoms with Crippen molar-refractivity contribution in [2.24, 2.45) is 0 Å². The number of rotatable bonds is 16. The number of amides is 4. The molecule has 20 rings (SSSR count). The van der Waals surface area contributed by atoms with Gasteiger partial charge in [0.1, 0.15) is 6.33 Å². The van der Waals surface area contributed by atoms with E-state index in [1.165, 1.54) is 35.7 Å². The summed E-state index contributed by atoms with van der Waals surface area (Å²) in [5, 5.41) is 21.1. The normalized spacial score (nSPS) is 15.4. The fourth-order valence-electron chi connectivity index (χ4n) is 15.3. The third kappa shape index (κ3) is 19.4. The molecule has 0 radical (unpaired) electrons. The summed E-state index contributed by atoms with van der Waals surface area (Å²) in [6.45, 7) is 4.70. The third-order valence-electron chi connectivity index (χ3n) is 21.7. The maximum Gasteiger partial charge on any atom is 0.301 e. The number of carbonyl (C=O) groups is 4. The molecule has 656 valence electrons. The van der Waals surface area contributed by atoms with Gasteiger partial charge >= 0.3 is 40.8 Å². The standard InChI is InChI=1S/C25H22N4O3S.C24H19ClN4O3S.C23H19ClN4O3S.C21H17ClN6O3S/c1-17-6-7-20(24-22-5-3-2-4-18(22)12-13-26-24)16-23(17)28-25(30)19-8-10-21(11-9-19)29-15-14-27-33(29,31)32;25-19-13-18(23-22-4-2-1-3-16(22)9-10-26-23)14-20(15-19)28-24(30)17-5-7-21(8-6-17)29-12-11-27-33(29,31)32;24-20-10-7-17(14-19(20)22-11-6-15-2-1-3-21(15)27-22)26-23(29)16-4-8-18(9-5-16)28-13-12-25-32(28,30)31;22-18-12-16(28-10-8-25-32(28,30)31)6-7-17(18)21(29)26-15-4-1-3-14(11-15)20-19-5-2-9-27(19)24-13-23-20/h2-13,16,27H,14-15H2,1H3,(H,28,30);1-10,13-15,27H,11-12H2,(H,28,30);1-2,4-11,14,25H,3,12-13H2,(H,26,29);1-7,9,11-13,25H,8,10H2,(H,26,29). The molecule has 15 aromatic rings. The fraction of sp³-hybridized carbons (Fsp3) is 0.108. The average Bonchev–Trinajstić information content (AvgIpc) is 1.68. The number of carbonyl (C=O) groups excluding carboxylic acids is 4.